The lowest BCUT2D eigenvalue weighted by atomic mass is 10.0. The van der Waals surface area contributed by atoms with Crippen LogP contribution in [-0.2, 0) is 11.2 Å². The molecule has 0 radical (unpaired) electrons. The van der Waals surface area contributed by atoms with Gasteiger partial charge >= 0.3 is 5.97 Å². The van der Waals surface area contributed by atoms with Gasteiger partial charge in [-0.25, -0.2) is 4.79 Å². The van der Waals surface area contributed by atoms with Gasteiger partial charge in [0.25, 0.3) is 0 Å². The fraction of sp³-hybridized carbons (Fsp3) is 0.462. The number of esters is 1. The van der Waals surface area contributed by atoms with E-state index in [1.165, 1.54) is 7.11 Å². The Kier molecular flexibility index (Phi) is 5.28. The van der Waals surface area contributed by atoms with Crippen LogP contribution < -0.4 is 4.74 Å². The maximum absolute atomic E-state index is 11.8. The molecule has 0 saturated heterocycles. The largest absolute Gasteiger partial charge is 0.505 e. The third kappa shape index (κ3) is 2.88. The number of halogens is 1. The van der Waals surface area contributed by atoms with E-state index in [9.17, 15) is 9.90 Å². The number of carbonyl (C=O) groups is 1. The van der Waals surface area contributed by atoms with Gasteiger partial charge in [-0.1, -0.05) is 24.9 Å². The van der Waals surface area contributed by atoms with Crippen molar-refractivity contribution in [2.75, 3.05) is 13.7 Å². The summed E-state index contributed by atoms with van der Waals surface area (Å²) in [6, 6.07) is 1.66. The Morgan fingerprint density at radius 1 is 1.44 bits per heavy atom. The van der Waals surface area contributed by atoms with Crippen molar-refractivity contribution in [1.29, 1.82) is 0 Å². The van der Waals surface area contributed by atoms with Crippen molar-refractivity contribution in [2.24, 2.45) is 0 Å². The summed E-state index contributed by atoms with van der Waals surface area (Å²) < 4.78 is 9.99. The van der Waals surface area contributed by atoms with Crippen molar-refractivity contribution in [3.05, 3.63) is 22.2 Å². The summed E-state index contributed by atoms with van der Waals surface area (Å²) in [5, 5.41) is 10.0. The molecule has 1 N–H and O–H groups in total. The molecule has 4 nitrogen and oxygen atoms in total. The summed E-state index contributed by atoms with van der Waals surface area (Å²) in [6.45, 7) is 3.93. The third-order valence-corrected chi connectivity index (χ3v) is 2.87. The summed E-state index contributed by atoms with van der Waals surface area (Å²) >= 11 is 5.93. The molecular formula is C13H17ClO4. The normalized spacial score (nSPS) is 10.2. The van der Waals surface area contributed by atoms with Crippen LogP contribution in [0.5, 0.6) is 11.5 Å². The first kappa shape index (κ1) is 14.6. The topological polar surface area (TPSA) is 55.8 Å². The van der Waals surface area contributed by atoms with Gasteiger partial charge in [-0.3, -0.25) is 0 Å². The van der Waals surface area contributed by atoms with E-state index in [-0.39, 0.29) is 22.9 Å². The zero-order valence-corrected chi connectivity index (χ0v) is 11.5. The number of hydrogen-bond donors (Lipinski definition) is 1. The first-order valence-corrected chi connectivity index (χ1v) is 6.19. The molecule has 1 rings (SSSR count). The number of phenolic OH excluding ortho intramolecular Hbond substituents is 1. The van der Waals surface area contributed by atoms with E-state index < -0.39 is 5.97 Å². The summed E-state index contributed by atoms with van der Waals surface area (Å²) in [5.41, 5.74) is 0.805. The molecule has 5 heteroatoms. The number of methoxy groups -OCH3 is 1. The molecule has 0 saturated carbocycles. The number of ether oxygens (including phenoxy) is 2. The molecule has 0 aliphatic carbocycles. The van der Waals surface area contributed by atoms with E-state index in [0.29, 0.717) is 17.7 Å². The molecule has 18 heavy (non-hydrogen) atoms. The highest BCUT2D eigenvalue weighted by atomic mass is 35.5. The zero-order valence-electron chi connectivity index (χ0n) is 10.7. The minimum atomic E-state index is -0.567. The molecular weight excluding hydrogens is 256 g/mol. The first-order chi connectivity index (χ1) is 8.56. The van der Waals surface area contributed by atoms with E-state index >= 15 is 0 Å². The minimum absolute atomic E-state index is 0.0282. The molecule has 0 aliphatic heterocycles. The van der Waals surface area contributed by atoms with E-state index in [2.05, 4.69) is 0 Å². The summed E-state index contributed by atoms with van der Waals surface area (Å²) in [5.74, 6) is -0.494. The van der Waals surface area contributed by atoms with Crippen molar-refractivity contribution in [1.82, 2.24) is 0 Å². The quantitative estimate of drug-likeness (QED) is 0.837. The summed E-state index contributed by atoms with van der Waals surface area (Å²) in [4.78, 5) is 11.8. The van der Waals surface area contributed by atoms with Gasteiger partial charge in [0.15, 0.2) is 5.75 Å². The smallest absolute Gasteiger partial charge is 0.342 e. The first-order valence-electron chi connectivity index (χ1n) is 5.82. The van der Waals surface area contributed by atoms with Crippen molar-refractivity contribution >= 4 is 17.6 Å². The lowest BCUT2D eigenvalue weighted by molar-refractivity contribution is 0.0521. The number of benzene rings is 1. The fourth-order valence-corrected chi connectivity index (χ4v) is 1.94. The fourth-order valence-electron chi connectivity index (χ4n) is 1.72. The average Bonchev–Trinajstić information content (AvgIpc) is 2.34. The van der Waals surface area contributed by atoms with E-state index in [1.54, 1.807) is 13.0 Å². The molecule has 0 spiro atoms. The maximum Gasteiger partial charge on any atom is 0.342 e. The second-order valence-corrected chi connectivity index (χ2v) is 4.12. The maximum atomic E-state index is 11.8. The van der Waals surface area contributed by atoms with Crippen LogP contribution in [-0.4, -0.2) is 24.8 Å². The highest BCUT2D eigenvalue weighted by Gasteiger charge is 2.22. The van der Waals surface area contributed by atoms with Gasteiger partial charge in [-0.2, -0.15) is 0 Å². The lowest BCUT2D eigenvalue weighted by Gasteiger charge is -2.14. The van der Waals surface area contributed by atoms with Crippen LogP contribution in [0.3, 0.4) is 0 Å². The van der Waals surface area contributed by atoms with Gasteiger partial charge in [-0.15, -0.1) is 0 Å². The molecule has 0 fully saturated rings. The Balaban J connectivity index is 3.36. The van der Waals surface area contributed by atoms with Gasteiger partial charge < -0.3 is 14.6 Å². The molecule has 0 heterocycles. The van der Waals surface area contributed by atoms with Crippen LogP contribution in [0.15, 0.2) is 6.07 Å². The monoisotopic (exact) mass is 272 g/mol. The number of aryl methyl sites for hydroxylation is 1. The van der Waals surface area contributed by atoms with Crippen LogP contribution in [0, 0.1) is 0 Å². The number of hydrogen-bond acceptors (Lipinski definition) is 4. The zero-order chi connectivity index (χ0) is 13.7. The second-order valence-electron chi connectivity index (χ2n) is 3.75. The van der Waals surface area contributed by atoms with Crippen molar-refractivity contribution in [3.63, 3.8) is 0 Å². The Hall–Kier alpha value is -1.42. The van der Waals surface area contributed by atoms with Crippen molar-refractivity contribution in [2.45, 2.75) is 26.7 Å². The van der Waals surface area contributed by atoms with Gasteiger partial charge in [-0.05, 0) is 25.0 Å². The number of carbonyl (C=O) groups excluding carboxylic acids is 1. The van der Waals surface area contributed by atoms with Crippen LogP contribution in [0.2, 0.25) is 5.02 Å². The Morgan fingerprint density at radius 2 is 2.11 bits per heavy atom. The molecule has 0 aromatic heterocycles. The van der Waals surface area contributed by atoms with Crippen molar-refractivity contribution in [3.8, 4) is 11.5 Å². The summed E-state index contributed by atoms with van der Waals surface area (Å²) in [7, 11) is 1.46. The number of rotatable bonds is 5. The summed E-state index contributed by atoms with van der Waals surface area (Å²) in [6.07, 6.45) is 1.46. The highest BCUT2D eigenvalue weighted by molar-refractivity contribution is 6.34. The predicted octanol–water partition coefficient (Wildman–Crippen LogP) is 3.18. The van der Waals surface area contributed by atoms with E-state index in [4.69, 9.17) is 21.1 Å². The highest BCUT2D eigenvalue weighted by Crippen LogP contribution is 2.39. The molecule has 0 unspecified atom stereocenters. The molecule has 100 valence electrons. The van der Waals surface area contributed by atoms with Crippen LogP contribution in [0.25, 0.3) is 0 Å². The third-order valence-electron chi connectivity index (χ3n) is 2.51. The average molecular weight is 273 g/mol. The van der Waals surface area contributed by atoms with Gasteiger partial charge in [0, 0.05) is 0 Å². The van der Waals surface area contributed by atoms with Gasteiger partial charge in [0.05, 0.1) is 13.7 Å². The number of phenols is 1. The molecule has 1 aromatic rings. The van der Waals surface area contributed by atoms with E-state index in [1.807, 2.05) is 6.92 Å². The SMILES string of the molecule is CCCc1cc(OC)c(Cl)c(O)c1C(=O)OCC. The predicted molar refractivity (Wildman–Crippen MR) is 69.6 cm³/mol. The van der Waals surface area contributed by atoms with Gasteiger partial charge in [0.2, 0.25) is 0 Å². The molecule has 0 bridgehead atoms. The van der Waals surface area contributed by atoms with E-state index in [0.717, 1.165) is 6.42 Å². The van der Waals surface area contributed by atoms with Crippen LogP contribution >= 0.6 is 11.6 Å². The number of aromatic hydroxyl groups is 1. The van der Waals surface area contributed by atoms with Crippen LogP contribution in [0.1, 0.15) is 36.2 Å². The Morgan fingerprint density at radius 3 is 2.61 bits per heavy atom. The Bertz CT molecular complexity index is 443. The molecule has 0 aliphatic rings. The standard InChI is InChI=1S/C13H17ClO4/c1-4-6-8-7-9(17-3)11(14)12(15)10(8)13(16)18-5-2/h7,15H,4-6H2,1-3H3. The van der Waals surface area contributed by atoms with Crippen molar-refractivity contribution < 1.29 is 19.4 Å². The van der Waals surface area contributed by atoms with Crippen LogP contribution in [0.4, 0.5) is 0 Å². The molecule has 1 aromatic carbocycles. The molecule has 0 atom stereocenters. The minimum Gasteiger partial charge on any atom is -0.505 e. The lowest BCUT2D eigenvalue weighted by Crippen LogP contribution is -2.09. The van der Waals surface area contributed by atoms with Gasteiger partial charge in [0.1, 0.15) is 16.3 Å². The second kappa shape index (κ2) is 6.50. The molecule has 0 amide bonds. The Labute approximate surface area is 111 Å².